The molecule has 132 valence electrons. The molecule has 2 N–H and O–H groups in total. The molecule has 2 aromatic rings. The molecule has 1 atom stereocenters. The van der Waals surface area contributed by atoms with Gasteiger partial charge in [-0.15, -0.1) is 11.8 Å². The number of nitrogens with one attached hydrogen (secondary N) is 2. The molecule has 1 aromatic heterocycles. The lowest BCUT2D eigenvalue weighted by atomic mass is 10.1. The van der Waals surface area contributed by atoms with Crippen LogP contribution in [0, 0.1) is 6.92 Å². The first-order valence-electron chi connectivity index (χ1n) is 8.61. The predicted octanol–water partition coefficient (Wildman–Crippen LogP) is 1.42. The molecule has 0 saturated carbocycles. The molecule has 2 saturated heterocycles. The van der Waals surface area contributed by atoms with Crippen molar-refractivity contribution in [1.82, 2.24) is 20.1 Å². The van der Waals surface area contributed by atoms with E-state index in [2.05, 4.69) is 10.3 Å². The Morgan fingerprint density at radius 1 is 1.12 bits per heavy atom. The van der Waals surface area contributed by atoms with Gasteiger partial charge in [-0.2, -0.15) is 0 Å². The van der Waals surface area contributed by atoms with E-state index in [1.807, 2.05) is 41.0 Å². The van der Waals surface area contributed by atoms with Gasteiger partial charge in [0, 0.05) is 54.4 Å². The summed E-state index contributed by atoms with van der Waals surface area (Å²) in [7, 11) is 0. The number of carbonyl (C=O) groups is 2. The first-order chi connectivity index (χ1) is 12.1. The largest absolute Gasteiger partial charge is 0.358 e. The van der Waals surface area contributed by atoms with Gasteiger partial charge in [0.25, 0.3) is 5.91 Å². The van der Waals surface area contributed by atoms with Gasteiger partial charge in [-0.05, 0) is 13.0 Å². The van der Waals surface area contributed by atoms with Gasteiger partial charge >= 0.3 is 0 Å². The number of rotatable bonds is 2. The van der Waals surface area contributed by atoms with Crippen LogP contribution < -0.4 is 5.32 Å². The van der Waals surface area contributed by atoms with Crippen LogP contribution in [0.25, 0.3) is 10.9 Å². The summed E-state index contributed by atoms with van der Waals surface area (Å²) in [5.74, 6) is 1.90. The maximum atomic E-state index is 13.0. The van der Waals surface area contributed by atoms with E-state index >= 15 is 0 Å². The number of amides is 2. The van der Waals surface area contributed by atoms with Crippen LogP contribution in [0.2, 0.25) is 0 Å². The SMILES string of the molecule is Cc1[nH]c2ccccc2c1C(=O)N1CCN(C(=O)C2CSCN2)CC1. The fourth-order valence-electron chi connectivity index (χ4n) is 3.61. The van der Waals surface area contributed by atoms with Crippen LogP contribution in [0.3, 0.4) is 0 Å². The van der Waals surface area contributed by atoms with E-state index in [1.165, 1.54) is 0 Å². The summed E-state index contributed by atoms with van der Waals surface area (Å²) < 4.78 is 0. The molecule has 2 aliphatic rings. The normalized spacial score (nSPS) is 21.1. The highest BCUT2D eigenvalue weighted by atomic mass is 32.2. The van der Waals surface area contributed by atoms with Crippen LogP contribution in [-0.2, 0) is 4.79 Å². The van der Waals surface area contributed by atoms with E-state index in [1.54, 1.807) is 11.8 Å². The van der Waals surface area contributed by atoms with Crippen LogP contribution in [0.1, 0.15) is 16.1 Å². The van der Waals surface area contributed by atoms with Crippen molar-refractivity contribution in [2.45, 2.75) is 13.0 Å². The first kappa shape index (κ1) is 16.5. The fourth-order valence-corrected chi connectivity index (χ4v) is 4.55. The summed E-state index contributed by atoms with van der Waals surface area (Å²) in [6, 6.07) is 7.82. The zero-order valence-corrected chi connectivity index (χ0v) is 15.1. The third kappa shape index (κ3) is 3.02. The third-order valence-electron chi connectivity index (χ3n) is 5.00. The number of aryl methyl sites for hydroxylation is 1. The highest BCUT2D eigenvalue weighted by Gasteiger charge is 2.31. The van der Waals surface area contributed by atoms with E-state index in [4.69, 9.17) is 0 Å². The maximum absolute atomic E-state index is 13.0. The van der Waals surface area contributed by atoms with E-state index in [9.17, 15) is 9.59 Å². The van der Waals surface area contributed by atoms with Gasteiger partial charge in [0.1, 0.15) is 0 Å². The van der Waals surface area contributed by atoms with Gasteiger partial charge < -0.3 is 14.8 Å². The number of benzene rings is 1. The summed E-state index contributed by atoms with van der Waals surface area (Å²) in [5, 5.41) is 4.19. The van der Waals surface area contributed by atoms with Crippen molar-refractivity contribution in [2.24, 2.45) is 0 Å². The number of fused-ring (bicyclic) bond motifs is 1. The van der Waals surface area contributed by atoms with E-state index < -0.39 is 0 Å². The Bertz CT molecular complexity index is 805. The summed E-state index contributed by atoms with van der Waals surface area (Å²) >= 11 is 1.75. The van der Waals surface area contributed by atoms with Crippen LogP contribution >= 0.6 is 11.8 Å². The Labute approximate surface area is 150 Å². The van der Waals surface area contributed by atoms with Gasteiger partial charge in [0.2, 0.25) is 5.91 Å². The summed E-state index contributed by atoms with van der Waals surface area (Å²) in [4.78, 5) is 32.5. The Hall–Kier alpha value is -1.99. The Balaban J connectivity index is 1.46. The number of carbonyl (C=O) groups excluding carboxylic acids is 2. The van der Waals surface area contributed by atoms with Gasteiger partial charge in [0.05, 0.1) is 11.6 Å². The Kier molecular flexibility index (Phi) is 4.43. The second kappa shape index (κ2) is 6.72. The minimum absolute atomic E-state index is 0.0524. The van der Waals surface area contributed by atoms with Gasteiger partial charge in [-0.1, -0.05) is 18.2 Å². The monoisotopic (exact) mass is 358 g/mol. The van der Waals surface area contributed by atoms with E-state index in [0.29, 0.717) is 26.2 Å². The van der Waals surface area contributed by atoms with Gasteiger partial charge in [0.15, 0.2) is 0 Å². The molecule has 7 heteroatoms. The number of nitrogens with zero attached hydrogens (tertiary/aromatic N) is 2. The summed E-state index contributed by atoms with van der Waals surface area (Å²) in [6.45, 7) is 4.33. The van der Waals surface area contributed by atoms with Crippen LogP contribution in [0.5, 0.6) is 0 Å². The van der Waals surface area contributed by atoms with Crippen molar-refractivity contribution in [3.8, 4) is 0 Å². The zero-order chi connectivity index (χ0) is 17.4. The predicted molar refractivity (Wildman–Crippen MR) is 99.8 cm³/mol. The number of H-pyrrole nitrogens is 1. The topological polar surface area (TPSA) is 68.4 Å². The molecule has 0 radical (unpaired) electrons. The van der Waals surface area contributed by atoms with Crippen molar-refractivity contribution in [3.05, 3.63) is 35.5 Å². The number of piperazine rings is 1. The number of thioether (sulfide) groups is 1. The van der Waals surface area contributed by atoms with Crippen molar-refractivity contribution in [3.63, 3.8) is 0 Å². The molecular weight excluding hydrogens is 336 g/mol. The fraction of sp³-hybridized carbons (Fsp3) is 0.444. The van der Waals surface area contributed by atoms with Crippen molar-refractivity contribution in [2.75, 3.05) is 37.8 Å². The second-order valence-corrected chi connectivity index (χ2v) is 7.59. The number of hydrogen-bond donors (Lipinski definition) is 2. The molecule has 0 aliphatic carbocycles. The lowest BCUT2D eigenvalue weighted by molar-refractivity contribution is -0.134. The standard InChI is InChI=1S/C18H22N4O2S/c1-12-16(13-4-2-3-5-14(13)20-12)18(24)22-8-6-21(7-9-22)17(23)15-10-25-11-19-15/h2-5,15,19-20H,6-11H2,1H3. The summed E-state index contributed by atoms with van der Waals surface area (Å²) in [6.07, 6.45) is 0. The Morgan fingerprint density at radius 3 is 2.56 bits per heavy atom. The quantitative estimate of drug-likeness (QED) is 0.852. The highest BCUT2D eigenvalue weighted by Crippen LogP contribution is 2.24. The molecular formula is C18H22N4O2S. The number of aromatic nitrogens is 1. The van der Waals surface area contributed by atoms with Crippen LogP contribution in [0.4, 0.5) is 0 Å². The molecule has 2 fully saturated rings. The average molecular weight is 358 g/mol. The number of aromatic amines is 1. The number of hydrogen-bond acceptors (Lipinski definition) is 4. The molecule has 4 rings (SSSR count). The maximum Gasteiger partial charge on any atom is 0.256 e. The molecule has 0 spiro atoms. The minimum atomic E-state index is -0.0666. The Morgan fingerprint density at radius 2 is 1.84 bits per heavy atom. The van der Waals surface area contributed by atoms with Crippen molar-refractivity contribution < 1.29 is 9.59 Å². The molecule has 6 nitrogen and oxygen atoms in total. The molecule has 2 amide bonds. The zero-order valence-electron chi connectivity index (χ0n) is 14.2. The smallest absolute Gasteiger partial charge is 0.256 e. The van der Waals surface area contributed by atoms with Crippen LogP contribution in [0.15, 0.2) is 24.3 Å². The molecule has 1 unspecified atom stereocenters. The molecule has 25 heavy (non-hydrogen) atoms. The van der Waals surface area contributed by atoms with Crippen LogP contribution in [-0.4, -0.2) is 70.4 Å². The van der Waals surface area contributed by atoms with Gasteiger partial charge in [-0.3, -0.25) is 14.9 Å². The average Bonchev–Trinajstić information content (AvgIpc) is 3.27. The molecule has 0 bridgehead atoms. The summed E-state index contributed by atoms with van der Waals surface area (Å²) in [5.41, 5.74) is 2.64. The van der Waals surface area contributed by atoms with Crippen molar-refractivity contribution in [1.29, 1.82) is 0 Å². The van der Waals surface area contributed by atoms with E-state index in [-0.39, 0.29) is 17.9 Å². The molecule has 3 heterocycles. The third-order valence-corrected chi connectivity index (χ3v) is 5.94. The second-order valence-electron chi connectivity index (χ2n) is 6.56. The first-order valence-corrected chi connectivity index (χ1v) is 9.77. The van der Waals surface area contributed by atoms with E-state index in [0.717, 1.165) is 33.8 Å². The highest BCUT2D eigenvalue weighted by molar-refractivity contribution is 7.99. The lowest BCUT2D eigenvalue weighted by Crippen LogP contribution is -2.54. The molecule has 2 aliphatic heterocycles. The molecule has 1 aromatic carbocycles. The lowest BCUT2D eigenvalue weighted by Gasteiger charge is -2.36. The van der Waals surface area contributed by atoms with Crippen molar-refractivity contribution >= 4 is 34.5 Å². The minimum Gasteiger partial charge on any atom is -0.358 e. The van der Waals surface area contributed by atoms with Gasteiger partial charge in [-0.25, -0.2) is 0 Å². The number of para-hydroxylation sites is 1.